The Morgan fingerprint density at radius 1 is 0.891 bits per heavy atom. The number of fused-ring (bicyclic) bond motifs is 2. The Bertz CT molecular complexity index is 1990. The molecule has 234 valence electrons. The number of benzene rings is 1. The molecular weight excluding hydrogens is 583 g/mol. The Labute approximate surface area is 265 Å². The minimum atomic E-state index is -0.362. The molecule has 10 nitrogen and oxygen atoms in total. The summed E-state index contributed by atoms with van der Waals surface area (Å²) in [6, 6.07) is 10.6. The maximum absolute atomic E-state index is 14.8. The summed E-state index contributed by atoms with van der Waals surface area (Å²) < 4.78 is 27.0. The highest BCUT2D eigenvalue weighted by Gasteiger charge is 2.19. The van der Waals surface area contributed by atoms with Crippen molar-refractivity contribution in [2.45, 2.75) is 51.0 Å². The van der Waals surface area contributed by atoms with Gasteiger partial charge in [-0.25, -0.2) is 14.4 Å². The molecule has 1 aliphatic heterocycles. The number of imidazole rings is 1. The number of nitrogens with one attached hydrogen (secondary N) is 2. The molecule has 2 aliphatic rings. The molecule has 1 saturated carbocycles. The van der Waals surface area contributed by atoms with Crippen molar-refractivity contribution in [2.75, 3.05) is 26.2 Å². The zero-order chi connectivity index (χ0) is 30.9. The normalized spacial score (nSPS) is 16.0. The fourth-order valence-corrected chi connectivity index (χ4v) is 6.62. The van der Waals surface area contributed by atoms with Gasteiger partial charge in [0.15, 0.2) is 11.5 Å². The van der Waals surface area contributed by atoms with E-state index in [9.17, 15) is 4.39 Å². The Hall–Kier alpha value is -4.90. The third-order valence-electron chi connectivity index (χ3n) is 8.98. The van der Waals surface area contributed by atoms with Crippen molar-refractivity contribution in [3.63, 3.8) is 0 Å². The molecule has 6 aromatic rings. The molecule has 2 N–H and O–H groups in total. The number of halogens is 1. The standard InChI is InChI=1S/C35H35FN8O2/c36-24-14-22(15-26(17-24)45-13-12-44-10-4-5-11-44)28-8-9-38-34-32(28)40-35(41-34)33-29-18-30(39-21-31(29)42-43-33)23-16-27(20-37-19-23)46-25-6-2-1-3-7-25/h8-9,14-21,25H,1-7,10-13H2,(H,42,43)(H,38,40,41). The lowest BCUT2D eigenvalue weighted by atomic mass is 9.98. The summed E-state index contributed by atoms with van der Waals surface area (Å²) in [5.74, 6) is 1.44. The van der Waals surface area contributed by atoms with Gasteiger partial charge < -0.3 is 14.5 Å². The average Bonchev–Trinajstić information content (AvgIpc) is 3.85. The summed E-state index contributed by atoms with van der Waals surface area (Å²) in [5, 5.41) is 8.50. The van der Waals surface area contributed by atoms with Gasteiger partial charge in [0.1, 0.15) is 29.6 Å². The molecule has 1 aliphatic carbocycles. The molecule has 0 unspecified atom stereocenters. The van der Waals surface area contributed by atoms with Crippen molar-refractivity contribution in [3.8, 4) is 45.4 Å². The van der Waals surface area contributed by atoms with Gasteiger partial charge in [0, 0.05) is 41.5 Å². The van der Waals surface area contributed by atoms with Gasteiger partial charge in [0.2, 0.25) is 0 Å². The maximum Gasteiger partial charge on any atom is 0.178 e. The topological polar surface area (TPSA) is 118 Å². The van der Waals surface area contributed by atoms with Gasteiger partial charge in [-0.15, -0.1) is 0 Å². The molecular formula is C35H35FN8O2. The van der Waals surface area contributed by atoms with E-state index in [1.165, 1.54) is 44.2 Å². The maximum atomic E-state index is 14.8. The second-order valence-electron chi connectivity index (χ2n) is 12.2. The second-order valence-corrected chi connectivity index (χ2v) is 12.2. The lowest BCUT2D eigenvalue weighted by molar-refractivity contribution is 0.154. The van der Waals surface area contributed by atoms with Crippen LogP contribution in [-0.2, 0) is 0 Å². The van der Waals surface area contributed by atoms with Crippen molar-refractivity contribution < 1.29 is 13.9 Å². The SMILES string of the molecule is Fc1cc(OCCN2CCCC2)cc(-c2ccnc3nc(-c4n[nH]c5cnc(-c6cncc(OC7CCCCC7)c6)cc45)[nH]c23)c1. The first kappa shape index (κ1) is 28.6. The smallest absolute Gasteiger partial charge is 0.178 e. The third-order valence-corrected chi connectivity index (χ3v) is 8.98. The van der Waals surface area contributed by atoms with Crippen LogP contribution in [0.25, 0.3) is 56.0 Å². The van der Waals surface area contributed by atoms with Gasteiger partial charge >= 0.3 is 0 Å². The second kappa shape index (κ2) is 12.5. The minimum Gasteiger partial charge on any atom is -0.492 e. The highest BCUT2D eigenvalue weighted by atomic mass is 19.1. The summed E-state index contributed by atoms with van der Waals surface area (Å²) in [6.07, 6.45) is 15.5. The fourth-order valence-electron chi connectivity index (χ4n) is 6.62. The van der Waals surface area contributed by atoms with Crippen molar-refractivity contribution in [3.05, 3.63) is 67.0 Å². The van der Waals surface area contributed by atoms with Crippen LogP contribution >= 0.6 is 0 Å². The van der Waals surface area contributed by atoms with Gasteiger partial charge in [0.05, 0.1) is 35.2 Å². The predicted molar refractivity (Wildman–Crippen MR) is 174 cm³/mol. The summed E-state index contributed by atoms with van der Waals surface area (Å²) >= 11 is 0. The molecule has 46 heavy (non-hydrogen) atoms. The third kappa shape index (κ3) is 5.90. The zero-order valence-electron chi connectivity index (χ0n) is 25.5. The van der Waals surface area contributed by atoms with Crippen LogP contribution in [0.1, 0.15) is 44.9 Å². The number of hydrogen-bond donors (Lipinski definition) is 2. The largest absolute Gasteiger partial charge is 0.492 e. The van der Waals surface area contributed by atoms with Crippen LogP contribution in [0.5, 0.6) is 11.5 Å². The first-order chi connectivity index (χ1) is 22.7. The van der Waals surface area contributed by atoms with E-state index in [1.807, 2.05) is 24.3 Å². The van der Waals surface area contributed by atoms with Gasteiger partial charge in [-0.2, -0.15) is 5.10 Å². The monoisotopic (exact) mass is 618 g/mol. The molecule has 11 heteroatoms. The molecule has 8 rings (SSSR count). The number of aromatic amines is 2. The van der Waals surface area contributed by atoms with Crippen LogP contribution in [0.15, 0.2) is 61.2 Å². The first-order valence-corrected chi connectivity index (χ1v) is 16.1. The number of H-pyrrole nitrogens is 2. The van der Waals surface area contributed by atoms with E-state index < -0.39 is 0 Å². The Morgan fingerprint density at radius 2 is 1.76 bits per heavy atom. The summed E-state index contributed by atoms with van der Waals surface area (Å²) in [6.45, 7) is 3.54. The summed E-state index contributed by atoms with van der Waals surface area (Å²) in [5.41, 5.74) is 5.68. The molecule has 6 heterocycles. The molecule has 0 atom stereocenters. The number of nitrogens with zero attached hydrogens (tertiary/aromatic N) is 6. The number of aromatic nitrogens is 7. The Balaban J connectivity index is 1.08. The number of pyridine rings is 3. The van der Waals surface area contributed by atoms with Crippen LogP contribution in [0.2, 0.25) is 0 Å². The Kier molecular flexibility index (Phi) is 7.75. The number of likely N-dealkylation sites (tertiary alicyclic amines) is 1. The average molecular weight is 619 g/mol. The lowest BCUT2D eigenvalue weighted by Crippen LogP contribution is -2.25. The van der Waals surface area contributed by atoms with Crippen molar-refractivity contribution >= 4 is 22.1 Å². The number of ether oxygens (including phenoxy) is 2. The first-order valence-electron chi connectivity index (χ1n) is 16.1. The van der Waals surface area contributed by atoms with Gasteiger partial charge in [0.25, 0.3) is 0 Å². The molecule has 0 radical (unpaired) electrons. The summed E-state index contributed by atoms with van der Waals surface area (Å²) in [4.78, 5) is 24.2. The van der Waals surface area contributed by atoms with E-state index in [0.29, 0.717) is 40.6 Å². The van der Waals surface area contributed by atoms with E-state index in [4.69, 9.17) is 14.5 Å². The van der Waals surface area contributed by atoms with Gasteiger partial charge in [-0.3, -0.25) is 20.0 Å². The van der Waals surface area contributed by atoms with Gasteiger partial charge in [-0.1, -0.05) is 6.42 Å². The zero-order valence-corrected chi connectivity index (χ0v) is 25.5. The highest BCUT2D eigenvalue weighted by Crippen LogP contribution is 2.34. The van der Waals surface area contributed by atoms with Crippen molar-refractivity contribution in [1.29, 1.82) is 0 Å². The highest BCUT2D eigenvalue weighted by molar-refractivity contribution is 5.96. The minimum absolute atomic E-state index is 0.236. The molecule has 0 bridgehead atoms. The van der Waals surface area contributed by atoms with E-state index >= 15 is 0 Å². The Morgan fingerprint density at radius 3 is 2.65 bits per heavy atom. The van der Waals surface area contributed by atoms with E-state index in [1.54, 1.807) is 24.8 Å². The lowest BCUT2D eigenvalue weighted by Gasteiger charge is -2.22. The van der Waals surface area contributed by atoms with Crippen LogP contribution in [-0.4, -0.2) is 72.4 Å². The molecule has 1 saturated heterocycles. The van der Waals surface area contributed by atoms with E-state index in [0.717, 1.165) is 65.9 Å². The number of hydrogen-bond acceptors (Lipinski definition) is 8. The molecule has 1 aromatic carbocycles. The quantitative estimate of drug-likeness (QED) is 0.179. The molecule has 0 amide bonds. The van der Waals surface area contributed by atoms with Crippen LogP contribution < -0.4 is 9.47 Å². The van der Waals surface area contributed by atoms with Crippen LogP contribution in [0.4, 0.5) is 4.39 Å². The van der Waals surface area contributed by atoms with Gasteiger partial charge in [-0.05, 0) is 87.5 Å². The van der Waals surface area contributed by atoms with E-state index in [-0.39, 0.29) is 11.9 Å². The van der Waals surface area contributed by atoms with Crippen LogP contribution in [0.3, 0.4) is 0 Å². The summed E-state index contributed by atoms with van der Waals surface area (Å²) in [7, 11) is 0. The van der Waals surface area contributed by atoms with E-state index in [2.05, 4.69) is 35.0 Å². The van der Waals surface area contributed by atoms with Crippen molar-refractivity contribution in [1.82, 2.24) is 40.0 Å². The molecule has 5 aromatic heterocycles. The molecule has 2 fully saturated rings. The van der Waals surface area contributed by atoms with Crippen molar-refractivity contribution in [2.24, 2.45) is 0 Å². The predicted octanol–water partition coefficient (Wildman–Crippen LogP) is 6.95. The fraction of sp³-hybridized carbons (Fsp3) is 0.343. The molecule has 0 spiro atoms. The van der Waals surface area contributed by atoms with Crippen LogP contribution in [0, 0.1) is 5.82 Å². The number of rotatable bonds is 9.